The Morgan fingerprint density at radius 3 is 2.34 bits per heavy atom. The van der Waals surface area contributed by atoms with Crippen molar-refractivity contribution in [1.82, 2.24) is 10.2 Å². The van der Waals surface area contributed by atoms with Crippen molar-refractivity contribution in [2.45, 2.75) is 71.8 Å². The van der Waals surface area contributed by atoms with Gasteiger partial charge in [-0.15, -0.1) is 0 Å². The molecule has 6 heteroatoms. The molecule has 0 radical (unpaired) electrons. The number of anilines is 1. The van der Waals surface area contributed by atoms with Gasteiger partial charge in [-0.1, -0.05) is 25.0 Å². The van der Waals surface area contributed by atoms with Gasteiger partial charge in [-0.25, -0.2) is 9.59 Å². The molecule has 162 valence electrons. The Morgan fingerprint density at radius 1 is 1.10 bits per heavy atom. The van der Waals surface area contributed by atoms with Crippen LogP contribution >= 0.6 is 0 Å². The monoisotopic (exact) mass is 403 g/mol. The first-order valence-corrected chi connectivity index (χ1v) is 10.9. The van der Waals surface area contributed by atoms with E-state index >= 15 is 0 Å². The van der Waals surface area contributed by atoms with Crippen molar-refractivity contribution in [2.75, 3.05) is 25.0 Å². The lowest BCUT2D eigenvalue weighted by Crippen LogP contribution is -2.41. The highest BCUT2D eigenvalue weighted by Gasteiger charge is 2.26. The summed E-state index contributed by atoms with van der Waals surface area (Å²) in [5, 5.41) is 5.54. The Balaban J connectivity index is 1.61. The lowest BCUT2D eigenvalue weighted by atomic mass is 9.91. The molecule has 0 atom stereocenters. The van der Waals surface area contributed by atoms with Gasteiger partial charge >= 0.3 is 12.1 Å². The molecule has 1 aliphatic heterocycles. The van der Waals surface area contributed by atoms with Gasteiger partial charge in [0, 0.05) is 25.3 Å². The van der Waals surface area contributed by atoms with Gasteiger partial charge in [0.2, 0.25) is 0 Å². The number of likely N-dealkylation sites (tertiary alicyclic amines) is 1. The van der Waals surface area contributed by atoms with Crippen LogP contribution in [-0.2, 0) is 11.2 Å². The summed E-state index contributed by atoms with van der Waals surface area (Å²) in [6, 6.07) is 7.91. The number of unbranched alkanes of at least 4 members (excludes halogenated alkanes) is 1. The Labute approximate surface area is 175 Å². The van der Waals surface area contributed by atoms with E-state index in [0.29, 0.717) is 12.5 Å². The Morgan fingerprint density at radius 2 is 1.76 bits per heavy atom. The van der Waals surface area contributed by atoms with Gasteiger partial charge in [-0.05, 0) is 77.0 Å². The van der Waals surface area contributed by atoms with Gasteiger partial charge in [0.15, 0.2) is 0 Å². The van der Waals surface area contributed by atoms with Crippen LogP contribution in [0, 0.1) is 5.92 Å². The molecule has 6 nitrogen and oxygen atoms in total. The quantitative estimate of drug-likeness (QED) is 0.616. The number of carbonyl (C=O) groups is 2. The van der Waals surface area contributed by atoms with Crippen LogP contribution in [0.1, 0.15) is 65.4 Å². The fourth-order valence-corrected chi connectivity index (χ4v) is 3.58. The molecular formula is C23H37N3O3. The summed E-state index contributed by atoms with van der Waals surface area (Å²) in [6.45, 7) is 9.84. The average Bonchev–Trinajstić information content (AvgIpc) is 2.66. The molecule has 2 rings (SSSR count). The molecule has 1 aromatic carbocycles. The maximum absolute atomic E-state index is 12.1. The molecule has 0 aliphatic carbocycles. The predicted octanol–water partition coefficient (Wildman–Crippen LogP) is 5.19. The minimum atomic E-state index is -0.426. The number of amides is 3. The molecule has 0 bridgehead atoms. The van der Waals surface area contributed by atoms with E-state index in [1.54, 1.807) is 0 Å². The number of hydrogen-bond donors (Lipinski definition) is 2. The van der Waals surface area contributed by atoms with Crippen LogP contribution in [0.15, 0.2) is 24.3 Å². The average molecular weight is 404 g/mol. The van der Waals surface area contributed by atoms with Crippen LogP contribution < -0.4 is 10.6 Å². The fourth-order valence-electron chi connectivity index (χ4n) is 3.58. The number of carbonyl (C=O) groups excluding carboxylic acids is 2. The molecule has 1 aliphatic rings. The third-order valence-electron chi connectivity index (χ3n) is 5.14. The molecule has 0 saturated carbocycles. The van der Waals surface area contributed by atoms with E-state index in [4.69, 9.17) is 4.74 Å². The summed E-state index contributed by atoms with van der Waals surface area (Å²) >= 11 is 0. The van der Waals surface area contributed by atoms with E-state index in [2.05, 4.69) is 22.8 Å². The molecular weight excluding hydrogens is 366 g/mol. The van der Waals surface area contributed by atoms with Crippen molar-refractivity contribution >= 4 is 17.8 Å². The number of ether oxygens (including phenoxy) is 1. The van der Waals surface area contributed by atoms with E-state index < -0.39 is 5.60 Å². The van der Waals surface area contributed by atoms with Gasteiger partial charge in [-0.2, -0.15) is 0 Å². The standard InChI is InChI=1S/C23H37N3O3/c1-5-24-21(27)25-20-12-10-18(11-13-20)8-6-7-9-19-14-16-26(17-15-19)22(28)29-23(2,3)4/h10-13,19H,5-9,14-17H2,1-4H3,(H2,24,25,27). The number of nitrogens with one attached hydrogen (secondary N) is 2. The SMILES string of the molecule is CCNC(=O)Nc1ccc(CCCCC2CCN(C(=O)OC(C)(C)C)CC2)cc1. The number of rotatable bonds is 7. The molecule has 1 saturated heterocycles. The summed E-state index contributed by atoms with van der Waals surface area (Å²) in [5.74, 6) is 0.706. The first kappa shape index (κ1) is 23.0. The highest BCUT2D eigenvalue weighted by molar-refractivity contribution is 5.89. The highest BCUT2D eigenvalue weighted by Crippen LogP contribution is 2.24. The zero-order valence-electron chi connectivity index (χ0n) is 18.4. The van der Waals surface area contributed by atoms with Crippen molar-refractivity contribution in [2.24, 2.45) is 5.92 Å². The number of urea groups is 1. The molecule has 0 spiro atoms. The zero-order valence-corrected chi connectivity index (χ0v) is 18.4. The van der Waals surface area contributed by atoms with E-state index in [1.165, 1.54) is 18.4 Å². The molecule has 3 amide bonds. The van der Waals surface area contributed by atoms with Crippen LogP contribution in [0.25, 0.3) is 0 Å². The number of benzene rings is 1. The molecule has 0 unspecified atom stereocenters. The number of hydrogen-bond acceptors (Lipinski definition) is 3. The van der Waals surface area contributed by atoms with Gasteiger partial charge in [0.25, 0.3) is 0 Å². The van der Waals surface area contributed by atoms with Gasteiger partial charge in [-0.3, -0.25) is 0 Å². The summed E-state index contributed by atoms with van der Waals surface area (Å²) in [4.78, 5) is 25.5. The maximum atomic E-state index is 12.1. The normalized spacial score (nSPS) is 15.1. The first-order chi connectivity index (χ1) is 13.8. The molecule has 1 fully saturated rings. The van der Waals surface area contributed by atoms with E-state index in [0.717, 1.165) is 44.5 Å². The second-order valence-corrected chi connectivity index (χ2v) is 8.84. The van der Waals surface area contributed by atoms with Crippen molar-refractivity contribution in [1.29, 1.82) is 0 Å². The summed E-state index contributed by atoms with van der Waals surface area (Å²) in [7, 11) is 0. The van der Waals surface area contributed by atoms with E-state index in [9.17, 15) is 9.59 Å². The Bertz CT molecular complexity index is 644. The van der Waals surface area contributed by atoms with Gasteiger partial charge < -0.3 is 20.3 Å². The van der Waals surface area contributed by atoms with Crippen LogP contribution in [-0.4, -0.2) is 42.3 Å². The third kappa shape index (κ3) is 8.75. The van der Waals surface area contributed by atoms with Crippen LogP contribution in [0.4, 0.5) is 15.3 Å². The Hall–Kier alpha value is -2.24. The highest BCUT2D eigenvalue weighted by atomic mass is 16.6. The second kappa shape index (κ2) is 11.1. The third-order valence-corrected chi connectivity index (χ3v) is 5.14. The van der Waals surface area contributed by atoms with Gasteiger partial charge in [0.1, 0.15) is 5.60 Å². The summed E-state index contributed by atoms with van der Waals surface area (Å²) < 4.78 is 5.46. The van der Waals surface area contributed by atoms with Crippen molar-refractivity contribution in [3.05, 3.63) is 29.8 Å². The smallest absolute Gasteiger partial charge is 0.410 e. The number of aryl methyl sites for hydroxylation is 1. The molecule has 1 aromatic rings. The minimum Gasteiger partial charge on any atom is -0.444 e. The Kier molecular flexibility index (Phi) is 8.80. The molecule has 29 heavy (non-hydrogen) atoms. The van der Waals surface area contributed by atoms with Crippen molar-refractivity contribution in [3.8, 4) is 0 Å². The zero-order chi connectivity index (χ0) is 21.3. The lowest BCUT2D eigenvalue weighted by molar-refractivity contribution is 0.0180. The second-order valence-electron chi connectivity index (χ2n) is 8.84. The van der Waals surface area contributed by atoms with Crippen molar-refractivity contribution in [3.63, 3.8) is 0 Å². The number of nitrogens with zero attached hydrogens (tertiary/aromatic N) is 1. The number of piperidine rings is 1. The first-order valence-electron chi connectivity index (χ1n) is 10.9. The van der Waals surface area contributed by atoms with Crippen LogP contribution in [0.2, 0.25) is 0 Å². The molecule has 0 aromatic heterocycles. The lowest BCUT2D eigenvalue weighted by Gasteiger charge is -2.33. The van der Waals surface area contributed by atoms with Crippen molar-refractivity contribution < 1.29 is 14.3 Å². The largest absolute Gasteiger partial charge is 0.444 e. The van der Waals surface area contributed by atoms with E-state index in [-0.39, 0.29) is 12.1 Å². The van der Waals surface area contributed by atoms with E-state index in [1.807, 2.05) is 44.7 Å². The van der Waals surface area contributed by atoms with Gasteiger partial charge in [0.05, 0.1) is 0 Å². The molecule has 2 N–H and O–H groups in total. The fraction of sp³-hybridized carbons (Fsp3) is 0.652. The predicted molar refractivity (Wildman–Crippen MR) is 117 cm³/mol. The minimum absolute atomic E-state index is 0.169. The maximum Gasteiger partial charge on any atom is 0.410 e. The van der Waals surface area contributed by atoms with Crippen LogP contribution in [0.3, 0.4) is 0 Å². The summed E-state index contributed by atoms with van der Waals surface area (Å²) in [5.41, 5.74) is 1.69. The summed E-state index contributed by atoms with van der Waals surface area (Å²) in [6.07, 6.45) is 6.60. The molecule has 1 heterocycles. The topological polar surface area (TPSA) is 70.7 Å². The van der Waals surface area contributed by atoms with Crippen LogP contribution in [0.5, 0.6) is 0 Å².